The van der Waals surface area contributed by atoms with E-state index in [4.69, 9.17) is 9.47 Å². The second-order valence-corrected chi connectivity index (χ2v) is 4.99. The van der Waals surface area contributed by atoms with Gasteiger partial charge in [0.1, 0.15) is 0 Å². The van der Waals surface area contributed by atoms with Crippen molar-refractivity contribution >= 4 is 0 Å². The highest BCUT2D eigenvalue weighted by Gasteiger charge is 2.31. The first kappa shape index (κ1) is 14.7. The molecule has 1 rings (SSSR count). The molecule has 3 nitrogen and oxygen atoms in total. The zero-order chi connectivity index (χ0) is 12.6. The van der Waals surface area contributed by atoms with Crippen molar-refractivity contribution in [3.8, 4) is 0 Å². The lowest BCUT2D eigenvalue weighted by Gasteiger charge is -2.38. The van der Waals surface area contributed by atoms with Crippen molar-refractivity contribution in [3.05, 3.63) is 12.7 Å². The molecule has 0 aliphatic carbocycles. The van der Waals surface area contributed by atoms with E-state index in [1.165, 1.54) is 0 Å². The van der Waals surface area contributed by atoms with E-state index in [1.54, 1.807) is 0 Å². The van der Waals surface area contributed by atoms with Crippen LogP contribution in [-0.4, -0.2) is 38.0 Å². The van der Waals surface area contributed by atoms with Gasteiger partial charge in [-0.2, -0.15) is 0 Å². The molecule has 1 saturated heterocycles. The summed E-state index contributed by atoms with van der Waals surface area (Å²) in [5.41, 5.74) is 0.0691. The Hall–Kier alpha value is -0.380. The zero-order valence-electron chi connectivity index (χ0n) is 11.3. The molecule has 0 spiro atoms. The zero-order valence-corrected chi connectivity index (χ0v) is 11.3. The summed E-state index contributed by atoms with van der Waals surface area (Å²) < 4.78 is 11.3. The van der Waals surface area contributed by atoms with Crippen molar-refractivity contribution < 1.29 is 9.47 Å². The molecule has 17 heavy (non-hydrogen) atoms. The van der Waals surface area contributed by atoms with Crippen molar-refractivity contribution in [1.82, 2.24) is 5.32 Å². The third-order valence-electron chi connectivity index (χ3n) is 3.49. The molecule has 1 heterocycles. The average molecular weight is 241 g/mol. The predicted octanol–water partition coefficient (Wildman–Crippen LogP) is 2.52. The van der Waals surface area contributed by atoms with E-state index >= 15 is 0 Å². The van der Waals surface area contributed by atoms with Gasteiger partial charge in [0, 0.05) is 19.2 Å². The molecule has 100 valence electrons. The van der Waals surface area contributed by atoms with E-state index in [2.05, 4.69) is 25.7 Å². The molecule has 1 fully saturated rings. The Bertz CT molecular complexity index is 220. The molecule has 0 radical (unpaired) electrons. The maximum atomic E-state index is 5.82. The topological polar surface area (TPSA) is 30.5 Å². The quantitative estimate of drug-likeness (QED) is 0.523. The Morgan fingerprint density at radius 2 is 2.35 bits per heavy atom. The van der Waals surface area contributed by atoms with Crippen LogP contribution in [0, 0.1) is 0 Å². The summed E-state index contributed by atoms with van der Waals surface area (Å²) in [6, 6.07) is 0.580. The third-order valence-corrected chi connectivity index (χ3v) is 3.49. The Morgan fingerprint density at radius 1 is 1.53 bits per heavy atom. The van der Waals surface area contributed by atoms with Crippen LogP contribution in [-0.2, 0) is 9.47 Å². The van der Waals surface area contributed by atoms with Gasteiger partial charge in [-0.3, -0.25) is 0 Å². The standard InChI is InChI=1S/C14H27NO2/c1-4-6-9-16-11-8-15-13-7-10-17-14(3,5-2)12-13/h4,13,15H,1,5-12H2,2-3H3. The van der Waals surface area contributed by atoms with E-state index in [0.717, 1.165) is 52.0 Å². The van der Waals surface area contributed by atoms with E-state index in [0.29, 0.717) is 6.04 Å². The summed E-state index contributed by atoms with van der Waals surface area (Å²) in [7, 11) is 0. The lowest BCUT2D eigenvalue weighted by Crippen LogP contribution is -2.45. The van der Waals surface area contributed by atoms with E-state index in [-0.39, 0.29) is 5.60 Å². The fraction of sp³-hybridized carbons (Fsp3) is 0.857. The molecule has 0 aromatic heterocycles. The van der Waals surface area contributed by atoms with Crippen molar-refractivity contribution in [2.45, 2.75) is 51.2 Å². The Labute approximate surface area is 106 Å². The first-order valence-electron chi connectivity index (χ1n) is 6.76. The second kappa shape index (κ2) is 7.85. The fourth-order valence-corrected chi connectivity index (χ4v) is 2.15. The van der Waals surface area contributed by atoms with Crippen LogP contribution in [0.3, 0.4) is 0 Å². The lowest BCUT2D eigenvalue weighted by molar-refractivity contribution is -0.0783. The first-order chi connectivity index (χ1) is 8.20. The van der Waals surface area contributed by atoms with Gasteiger partial charge in [0.05, 0.1) is 18.8 Å². The minimum Gasteiger partial charge on any atom is -0.380 e. The molecule has 2 atom stereocenters. The molecule has 3 heteroatoms. The minimum atomic E-state index is 0.0691. The SMILES string of the molecule is C=CCCOCCNC1CCOC(C)(CC)C1. The largest absolute Gasteiger partial charge is 0.380 e. The Balaban J connectivity index is 2.08. The summed E-state index contributed by atoms with van der Waals surface area (Å²) in [6.07, 6.45) is 6.13. The van der Waals surface area contributed by atoms with Crippen LogP contribution >= 0.6 is 0 Å². The van der Waals surface area contributed by atoms with Gasteiger partial charge in [-0.15, -0.1) is 6.58 Å². The van der Waals surface area contributed by atoms with Crippen LogP contribution in [0.15, 0.2) is 12.7 Å². The number of nitrogens with one attached hydrogen (secondary N) is 1. The lowest BCUT2D eigenvalue weighted by atomic mass is 9.90. The monoisotopic (exact) mass is 241 g/mol. The smallest absolute Gasteiger partial charge is 0.0666 e. The number of hydrogen-bond donors (Lipinski definition) is 1. The molecule has 0 amide bonds. The van der Waals surface area contributed by atoms with Crippen LogP contribution in [0.5, 0.6) is 0 Å². The summed E-state index contributed by atoms with van der Waals surface area (Å²) in [6.45, 7) is 11.4. The van der Waals surface area contributed by atoms with Gasteiger partial charge in [-0.1, -0.05) is 13.0 Å². The van der Waals surface area contributed by atoms with Crippen LogP contribution in [0.2, 0.25) is 0 Å². The van der Waals surface area contributed by atoms with E-state index in [9.17, 15) is 0 Å². The maximum absolute atomic E-state index is 5.82. The van der Waals surface area contributed by atoms with Gasteiger partial charge in [0.2, 0.25) is 0 Å². The summed E-state index contributed by atoms with van der Waals surface area (Å²) in [4.78, 5) is 0. The first-order valence-corrected chi connectivity index (χ1v) is 6.76. The summed E-state index contributed by atoms with van der Waals surface area (Å²) >= 11 is 0. The Kier molecular flexibility index (Phi) is 6.78. The van der Waals surface area contributed by atoms with Gasteiger partial charge in [0.25, 0.3) is 0 Å². The van der Waals surface area contributed by atoms with Crippen LogP contribution in [0.1, 0.15) is 39.5 Å². The van der Waals surface area contributed by atoms with E-state index < -0.39 is 0 Å². The van der Waals surface area contributed by atoms with Gasteiger partial charge >= 0.3 is 0 Å². The molecule has 0 saturated carbocycles. The fourth-order valence-electron chi connectivity index (χ4n) is 2.15. The third kappa shape index (κ3) is 5.66. The van der Waals surface area contributed by atoms with Gasteiger partial charge in [0.15, 0.2) is 0 Å². The van der Waals surface area contributed by atoms with Gasteiger partial charge < -0.3 is 14.8 Å². The van der Waals surface area contributed by atoms with E-state index in [1.807, 2.05) is 6.08 Å². The number of hydrogen-bond acceptors (Lipinski definition) is 3. The summed E-state index contributed by atoms with van der Waals surface area (Å²) in [5.74, 6) is 0. The molecule has 2 unspecified atom stereocenters. The minimum absolute atomic E-state index is 0.0691. The average Bonchev–Trinajstić information content (AvgIpc) is 2.34. The van der Waals surface area contributed by atoms with Gasteiger partial charge in [-0.25, -0.2) is 0 Å². The van der Waals surface area contributed by atoms with Crippen molar-refractivity contribution in [1.29, 1.82) is 0 Å². The maximum Gasteiger partial charge on any atom is 0.0666 e. The number of ether oxygens (including phenoxy) is 2. The molecular formula is C14H27NO2. The highest BCUT2D eigenvalue weighted by Crippen LogP contribution is 2.27. The number of rotatable bonds is 8. The van der Waals surface area contributed by atoms with Crippen molar-refractivity contribution in [2.75, 3.05) is 26.4 Å². The Morgan fingerprint density at radius 3 is 3.06 bits per heavy atom. The molecule has 0 aromatic rings. The molecule has 1 aliphatic rings. The highest BCUT2D eigenvalue weighted by atomic mass is 16.5. The molecule has 1 aliphatic heterocycles. The van der Waals surface area contributed by atoms with Crippen LogP contribution in [0.25, 0.3) is 0 Å². The van der Waals surface area contributed by atoms with Crippen molar-refractivity contribution in [3.63, 3.8) is 0 Å². The van der Waals surface area contributed by atoms with Crippen molar-refractivity contribution in [2.24, 2.45) is 0 Å². The molecule has 1 N–H and O–H groups in total. The van der Waals surface area contributed by atoms with Gasteiger partial charge in [-0.05, 0) is 32.6 Å². The van der Waals surface area contributed by atoms with Crippen LogP contribution in [0.4, 0.5) is 0 Å². The molecule has 0 bridgehead atoms. The second-order valence-electron chi connectivity index (χ2n) is 4.99. The molecular weight excluding hydrogens is 214 g/mol. The normalized spacial score (nSPS) is 29.2. The molecule has 0 aromatic carbocycles. The van der Waals surface area contributed by atoms with Crippen LogP contribution < -0.4 is 5.32 Å². The highest BCUT2D eigenvalue weighted by molar-refractivity contribution is 4.85. The predicted molar refractivity (Wildman–Crippen MR) is 71.3 cm³/mol. The summed E-state index contributed by atoms with van der Waals surface area (Å²) in [5, 5.41) is 3.56.